The van der Waals surface area contributed by atoms with E-state index in [2.05, 4.69) is 10.3 Å². The first-order valence-corrected chi connectivity index (χ1v) is 5.98. The van der Waals surface area contributed by atoms with E-state index in [0.29, 0.717) is 18.7 Å². The Bertz CT molecular complexity index is 592. The van der Waals surface area contributed by atoms with Crippen LogP contribution < -0.4 is 5.32 Å². The minimum Gasteiger partial charge on any atom is -0.337 e. The molecule has 0 saturated carbocycles. The molecule has 2 aromatic rings. The highest BCUT2D eigenvalue weighted by atomic mass is 16.6. The Kier molecular flexibility index (Phi) is 3.91. The number of nitro benzene ring substituents is 1. The second-order valence-electron chi connectivity index (χ2n) is 4.42. The lowest BCUT2D eigenvalue weighted by molar-refractivity contribution is -0.385. The van der Waals surface area contributed by atoms with E-state index < -0.39 is 0 Å². The van der Waals surface area contributed by atoms with Gasteiger partial charge >= 0.3 is 0 Å². The van der Waals surface area contributed by atoms with Crippen molar-refractivity contribution < 1.29 is 4.92 Å². The third-order valence-electron chi connectivity index (χ3n) is 3.15. The van der Waals surface area contributed by atoms with E-state index in [0.717, 1.165) is 11.3 Å². The Hall–Kier alpha value is -2.21. The average Bonchev–Trinajstić information content (AvgIpc) is 2.77. The molecule has 1 aromatic carbocycles. The zero-order valence-corrected chi connectivity index (χ0v) is 11.0. The van der Waals surface area contributed by atoms with Crippen LogP contribution in [-0.4, -0.2) is 14.5 Å². The Labute approximate surface area is 111 Å². The number of benzene rings is 1. The van der Waals surface area contributed by atoms with E-state index in [-0.39, 0.29) is 10.6 Å². The normalized spacial score (nSPS) is 10.6. The molecule has 0 atom stereocenters. The summed E-state index contributed by atoms with van der Waals surface area (Å²) in [6.45, 7) is 3.05. The molecular formula is C13H16N4O2. The summed E-state index contributed by atoms with van der Waals surface area (Å²) in [5, 5.41) is 14.1. The molecule has 1 N–H and O–H groups in total. The van der Waals surface area contributed by atoms with Gasteiger partial charge in [-0.2, -0.15) is 0 Å². The lowest BCUT2D eigenvalue weighted by atomic mass is 10.1. The molecule has 0 unspecified atom stereocenters. The van der Waals surface area contributed by atoms with Crippen LogP contribution in [0.5, 0.6) is 0 Å². The van der Waals surface area contributed by atoms with Crippen LogP contribution in [0.3, 0.4) is 0 Å². The first-order chi connectivity index (χ1) is 9.09. The fourth-order valence-corrected chi connectivity index (χ4v) is 1.94. The predicted octanol–water partition coefficient (Wildman–Crippen LogP) is 1.93. The summed E-state index contributed by atoms with van der Waals surface area (Å²) in [6, 6.07) is 5.14. The van der Waals surface area contributed by atoms with Crippen molar-refractivity contribution in [2.45, 2.75) is 20.0 Å². The number of rotatable bonds is 5. The number of hydrogen-bond donors (Lipinski definition) is 1. The standard InChI is InChI=1S/C13H16N4O2/c1-10-11(4-3-5-13(10)17(18)19)6-14-7-12-8-15-9-16(12)2/h3-5,8-9,14H,6-7H2,1-2H3. The average molecular weight is 260 g/mol. The van der Waals surface area contributed by atoms with Crippen molar-refractivity contribution in [3.63, 3.8) is 0 Å². The minimum absolute atomic E-state index is 0.167. The first kappa shape index (κ1) is 13.2. The molecule has 19 heavy (non-hydrogen) atoms. The molecule has 1 heterocycles. The number of aryl methyl sites for hydroxylation is 1. The molecule has 0 fully saturated rings. The van der Waals surface area contributed by atoms with Crippen LogP contribution in [-0.2, 0) is 20.1 Å². The van der Waals surface area contributed by atoms with Crippen molar-refractivity contribution >= 4 is 5.69 Å². The van der Waals surface area contributed by atoms with E-state index in [1.807, 2.05) is 17.7 Å². The molecule has 6 nitrogen and oxygen atoms in total. The van der Waals surface area contributed by atoms with Gasteiger partial charge in [0.05, 0.1) is 16.9 Å². The number of hydrogen-bond acceptors (Lipinski definition) is 4. The van der Waals surface area contributed by atoms with Crippen LogP contribution in [0, 0.1) is 17.0 Å². The van der Waals surface area contributed by atoms with Gasteiger partial charge in [-0.1, -0.05) is 12.1 Å². The van der Waals surface area contributed by atoms with Crippen LogP contribution in [0.2, 0.25) is 0 Å². The lowest BCUT2D eigenvalue weighted by Gasteiger charge is -2.08. The summed E-state index contributed by atoms with van der Waals surface area (Å²) >= 11 is 0. The smallest absolute Gasteiger partial charge is 0.272 e. The van der Waals surface area contributed by atoms with E-state index in [1.165, 1.54) is 6.07 Å². The Morgan fingerprint density at radius 2 is 2.21 bits per heavy atom. The van der Waals surface area contributed by atoms with Gasteiger partial charge in [-0.25, -0.2) is 4.98 Å². The van der Waals surface area contributed by atoms with Crippen molar-refractivity contribution in [2.75, 3.05) is 0 Å². The fraction of sp³-hybridized carbons (Fsp3) is 0.308. The number of aromatic nitrogens is 2. The molecule has 0 aliphatic rings. The molecule has 0 amide bonds. The van der Waals surface area contributed by atoms with Crippen molar-refractivity contribution in [3.8, 4) is 0 Å². The quantitative estimate of drug-likeness (QED) is 0.658. The maximum atomic E-state index is 10.9. The van der Waals surface area contributed by atoms with E-state index >= 15 is 0 Å². The third-order valence-corrected chi connectivity index (χ3v) is 3.15. The van der Waals surface area contributed by atoms with Gasteiger partial charge in [0, 0.05) is 38.0 Å². The first-order valence-electron chi connectivity index (χ1n) is 5.98. The van der Waals surface area contributed by atoms with E-state index in [9.17, 15) is 10.1 Å². The Morgan fingerprint density at radius 1 is 1.42 bits per heavy atom. The second-order valence-corrected chi connectivity index (χ2v) is 4.42. The van der Waals surface area contributed by atoms with Gasteiger partial charge in [0.2, 0.25) is 0 Å². The van der Waals surface area contributed by atoms with Crippen LogP contribution in [0.25, 0.3) is 0 Å². The summed E-state index contributed by atoms with van der Waals surface area (Å²) in [4.78, 5) is 14.5. The molecule has 0 radical (unpaired) electrons. The topological polar surface area (TPSA) is 73.0 Å². The molecule has 0 saturated heterocycles. The van der Waals surface area contributed by atoms with Crippen molar-refractivity contribution in [1.29, 1.82) is 0 Å². The highest BCUT2D eigenvalue weighted by Gasteiger charge is 2.12. The van der Waals surface area contributed by atoms with Gasteiger partial charge in [-0.15, -0.1) is 0 Å². The SMILES string of the molecule is Cc1c(CNCc2cncn2C)cccc1[N+](=O)[O-]. The molecule has 0 aliphatic carbocycles. The van der Waals surface area contributed by atoms with Gasteiger partial charge in [-0.05, 0) is 12.5 Å². The maximum absolute atomic E-state index is 10.9. The number of nitro groups is 1. The highest BCUT2D eigenvalue weighted by molar-refractivity contribution is 5.44. The number of nitrogens with zero attached hydrogens (tertiary/aromatic N) is 3. The van der Waals surface area contributed by atoms with Crippen molar-refractivity contribution in [1.82, 2.24) is 14.9 Å². The Balaban J connectivity index is 2.02. The summed E-state index contributed by atoms with van der Waals surface area (Å²) in [5.74, 6) is 0. The van der Waals surface area contributed by atoms with Gasteiger partial charge in [0.25, 0.3) is 5.69 Å². The van der Waals surface area contributed by atoms with Gasteiger partial charge in [0.15, 0.2) is 0 Å². The maximum Gasteiger partial charge on any atom is 0.272 e. The predicted molar refractivity (Wildman–Crippen MR) is 71.6 cm³/mol. The summed E-state index contributed by atoms with van der Waals surface area (Å²) in [7, 11) is 1.93. The molecular weight excluding hydrogens is 244 g/mol. The third kappa shape index (κ3) is 2.97. The largest absolute Gasteiger partial charge is 0.337 e. The molecule has 0 bridgehead atoms. The summed E-state index contributed by atoms with van der Waals surface area (Å²) in [6.07, 6.45) is 3.54. The van der Waals surface area contributed by atoms with Crippen LogP contribution in [0.4, 0.5) is 5.69 Å². The number of nitrogens with one attached hydrogen (secondary N) is 1. The molecule has 1 aromatic heterocycles. The molecule has 0 aliphatic heterocycles. The monoisotopic (exact) mass is 260 g/mol. The molecule has 0 spiro atoms. The summed E-state index contributed by atoms with van der Waals surface area (Å²) < 4.78 is 1.94. The van der Waals surface area contributed by atoms with E-state index in [1.54, 1.807) is 25.5 Å². The van der Waals surface area contributed by atoms with Gasteiger partial charge in [0.1, 0.15) is 0 Å². The van der Waals surface area contributed by atoms with Crippen molar-refractivity contribution in [3.05, 3.63) is 57.7 Å². The number of imidazole rings is 1. The summed E-state index contributed by atoms with van der Waals surface area (Å²) in [5.41, 5.74) is 2.89. The highest BCUT2D eigenvalue weighted by Crippen LogP contribution is 2.20. The van der Waals surface area contributed by atoms with E-state index in [4.69, 9.17) is 0 Å². The van der Waals surface area contributed by atoms with Crippen LogP contribution >= 0.6 is 0 Å². The van der Waals surface area contributed by atoms with Gasteiger partial charge in [-0.3, -0.25) is 10.1 Å². The van der Waals surface area contributed by atoms with Crippen molar-refractivity contribution in [2.24, 2.45) is 7.05 Å². The fourth-order valence-electron chi connectivity index (χ4n) is 1.94. The van der Waals surface area contributed by atoms with Gasteiger partial charge < -0.3 is 9.88 Å². The van der Waals surface area contributed by atoms with Crippen LogP contribution in [0.15, 0.2) is 30.7 Å². The molecule has 6 heteroatoms. The minimum atomic E-state index is -0.347. The molecule has 2 rings (SSSR count). The zero-order valence-electron chi connectivity index (χ0n) is 11.0. The second kappa shape index (κ2) is 5.62. The van der Waals surface area contributed by atoms with Crippen LogP contribution in [0.1, 0.15) is 16.8 Å². The zero-order chi connectivity index (χ0) is 13.8. The lowest BCUT2D eigenvalue weighted by Crippen LogP contribution is -2.15. The Morgan fingerprint density at radius 3 is 2.84 bits per heavy atom. The molecule has 100 valence electrons.